The summed E-state index contributed by atoms with van der Waals surface area (Å²) in [5.41, 5.74) is 3.19. The Bertz CT molecular complexity index is 962. The predicted octanol–water partition coefficient (Wildman–Crippen LogP) is 7.46. The van der Waals surface area contributed by atoms with Crippen molar-refractivity contribution in [2.75, 3.05) is 11.9 Å². The van der Waals surface area contributed by atoms with Crippen LogP contribution in [0.4, 0.5) is 5.13 Å². The lowest BCUT2D eigenvalue weighted by Crippen LogP contribution is -2.11. The van der Waals surface area contributed by atoms with Gasteiger partial charge >= 0.3 is 0 Å². The molecule has 3 aromatic rings. The van der Waals surface area contributed by atoms with Gasteiger partial charge in [-0.1, -0.05) is 70.7 Å². The quantitative estimate of drug-likeness (QED) is 0.291. The van der Waals surface area contributed by atoms with E-state index in [9.17, 15) is 4.79 Å². The normalized spacial score (nSPS) is 11.0. The molecule has 0 atom stereocenters. The Kier molecular flexibility index (Phi) is 9.29. The SMILES string of the molecule is CCCCCCCOc1ccc(C(=O)Nc2ncc(Cc3ccc(C(C)C)cc3)s2)cc1. The standard InChI is InChI=1S/C27H34N2O2S/c1-4-5-6-7-8-17-31-24-15-13-23(14-16-24)26(30)29-27-28-19-25(32-27)18-21-9-11-22(12-10-21)20(2)3/h9-16,19-20H,4-8,17-18H2,1-3H3,(H,28,29,30). The first kappa shape index (κ1) is 24.0. The molecule has 1 amide bonds. The van der Waals surface area contributed by atoms with Gasteiger partial charge in [-0.25, -0.2) is 4.98 Å². The van der Waals surface area contributed by atoms with Crippen LogP contribution in [0, 0.1) is 0 Å². The van der Waals surface area contributed by atoms with Crippen LogP contribution in [-0.2, 0) is 6.42 Å². The minimum Gasteiger partial charge on any atom is -0.494 e. The van der Waals surface area contributed by atoms with Crippen LogP contribution in [0.15, 0.2) is 54.7 Å². The first-order chi connectivity index (χ1) is 15.5. The summed E-state index contributed by atoms with van der Waals surface area (Å²) in [6.07, 6.45) is 8.73. The molecule has 0 saturated carbocycles. The van der Waals surface area contributed by atoms with Crippen LogP contribution in [0.25, 0.3) is 0 Å². The molecule has 0 saturated heterocycles. The van der Waals surface area contributed by atoms with Crippen molar-refractivity contribution in [2.45, 2.75) is 65.2 Å². The number of hydrogen-bond donors (Lipinski definition) is 1. The van der Waals surface area contributed by atoms with Crippen molar-refractivity contribution in [2.24, 2.45) is 0 Å². The third kappa shape index (κ3) is 7.49. The zero-order valence-corrected chi connectivity index (χ0v) is 20.2. The number of amides is 1. The molecule has 170 valence electrons. The molecule has 3 rings (SSSR count). The minimum absolute atomic E-state index is 0.154. The van der Waals surface area contributed by atoms with Crippen molar-refractivity contribution < 1.29 is 9.53 Å². The van der Waals surface area contributed by atoms with Crippen molar-refractivity contribution in [3.63, 3.8) is 0 Å². The number of nitrogens with zero attached hydrogens (tertiary/aromatic N) is 1. The minimum atomic E-state index is -0.154. The van der Waals surface area contributed by atoms with E-state index in [2.05, 4.69) is 55.3 Å². The highest BCUT2D eigenvalue weighted by Gasteiger charge is 2.10. The van der Waals surface area contributed by atoms with E-state index in [4.69, 9.17) is 4.74 Å². The summed E-state index contributed by atoms with van der Waals surface area (Å²) in [4.78, 5) is 18.1. The summed E-state index contributed by atoms with van der Waals surface area (Å²) in [5.74, 6) is 1.18. The fraction of sp³-hybridized carbons (Fsp3) is 0.407. The van der Waals surface area contributed by atoms with Crippen molar-refractivity contribution >= 4 is 22.4 Å². The van der Waals surface area contributed by atoms with E-state index in [0.717, 1.165) is 30.1 Å². The molecule has 0 bridgehead atoms. The zero-order valence-electron chi connectivity index (χ0n) is 19.4. The maximum absolute atomic E-state index is 12.6. The molecule has 1 aromatic heterocycles. The second-order valence-corrected chi connectivity index (χ2v) is 9.56. The number of anilines is 1. The molecular formula is C27H34N2O2S. The van der Waals surface area contributed by atoms with Crippen molar-refractivity contribution in [1.29, 1.82) is 0 Å². The number of hydrogen-bond acceptors (Lipinski definition) is 4. The highest BCUT2D eigenvalue weighted by Crippen LogP contribution is 2.23. The number of benzene rings is 2. The molecule has 0 radical (unpaired) electrons. The van der Waals surface area contributed by atoms with E-state index in [0.29, 0.717) is 16.6 Å². The topological polar surface area (TPSA) is 51.2 Å². The maximum Gasteiger partial charge on any atom is 0.257 e. The number of nitrogens with one attached hydrogen (secondary N) is 1. The van der Waals surface area contributed by atoms with E-state index in [-0.39, 0.29) is 5.91 Å². The van der Waals surface area contributed by atoms with E-state index in [1.54, 1.807) is 12.1 Å². The molecular weight excluding hydrogens is 416 g/mol. The number of thiazole rings is 1. The molecule has 0 spiro atoms. The monoisotopic (exact) mass is 450 g/mol. The number of aromatic nitrogens is 1. The van der Waals surface area contributed by atoms with Gasteiger partial charge in [0, 0.05) is 23.1 Å². The summed E-state index contributed by atoms with van der Waals surface area (Å²) in [5, 5.41) is 3.53. The predicted molar refractivity (Wildman–Crippen MR) is 134 cm³/mol. The van der Waals surface area contributed by atoms with Crippen LogP contribution < -0.4 is 10.1 Å². The molecule has 4 nitrogen and oxygen atoms in total. The average molecular weight is 451 g/mol. The van der Waals surface area contributed by atoms with Gasteiger partial charge in [0.2, 0.25) is 0 Å². The maximum atomic E-state index is 12.6. The Morgan fingerprint density at radius 3 is 2.41 bits per heavy atom. The fourth-order valence-corrected chi connectivity index (χ4v) is 4.28. The number of ether oxygens (including phenoxy) is 1. The Hall–Kier alpha value is -2.66. The van der Waals surface area contributed by atoms with Gasteiger partial charge < -0.3 is 4.74 Å². The third-order valence-corrected chi connectivity index (χ3v) is 6.34. The molecule has 2 aromatic carbocycles. The summed E-state index contributed by atoms with van der Waals surface area (Å²) in [6.45, 7) is 7.33. The van der Waals surface area contributed by atoms with E-state index >= 15 is 0 Å². The molecule has 0 fully saturated rings. The molecule has 0 aliphatic heterocycles. The van der Waals surface area contributed by atoms with Gasteiger partial charge in [-0.2, -0.15) is 0 Å². The van der Waals surface area contributed by atoms with Gasteiger partial charge in [-0.3, -0.25) is 10.1 Å². The summed E-state index contributed by atoms with van der Waals surface area (Å²) >= 11 is 1.52. The molecule has 5 heteroatoms. The number of carbonyl (C=O) groups excluding carboxylic acids is 1. The van der Waals surface area contributed by atoms with Crippen LogP contribution in [0.3, 0.4) is 0 Å². The van der Waals surface area contributed by atoms with Crippen LogP contribution in [0.5, 0.6) is 5.75 Å². The molecule has 0 aliphatic rings. The van der Waals surface area contributed by atoms with Gasteiger partial charge in [0.25, 0.3) is 5.91 Å². The molecule has 0 unspecified atom stereocenters. The summed E-state index contributed by atoms with van der Waals surface area (Å²) in [6, 6.07) is 16.0. The lowest BCUT2D eigenvalue weighted by Gasteiger charge is -2.07. The average Bonchev–Trinajstić information content (AvgIpc) is 3.23. The van der Waals surface area contributed by atoms with E-state index in [1.165, 1.54) is 48.1 Å². The smallest absolute Gasteiger partial charge is 0.257 e. The Balaban J connectivity index is 1.47. The van der Waals surface area contributed by atoms with Crippen LogP contribution >= 0.6 is 11.3 Å². The van der Waals surface area contributed by atoms with Crippen molar-refractivity contribution in [3.05, 3.63) is 76.3 Å². The lowest BCUT2D eigenvalue weighted by molar-refractivity contribution is 0.102. The Labute approximate surface area is 196 Å². The van der Waals surface area contributed by atoms with Crippen molar-refractivity contribution in [1.82, 2.24) is 4.98 Å². The highest BCUT2D eigenvalue weighted by molar-refractivity contribution is 7.15. The van der Waals surface area contributed by atoms with Gasteiger partial charge in [-0.15, -0.1) is 11.3 Å². The second kappa shape index (κ2) is 12.4. The lowest BCUT2D eigenvalue weighted by atomic mass is 10.0. The molecule has 1 heterocycles. The van der Waals surface area contributed by atoms with Crippen LogP contribution in [0.2, 0.25) is 0 Å². The Morgan fingerprint density at radius 1 is 1.00 bits per heavy atom. The van der Waals surface area contributed by atoms with Gasteiger partial charge in [0.15, 0.2) is 5.13 Å². The molecule has 1 N–H and O–H groups in total. The van der Waals surface area contributed by atoms with Crippen LogP contribution in [-0.4, -0.2) is 17.5 Å². The van der Waals surface area contributed by atoms with Gasteiger partial charge in [0.05, 0.1) is 6.61 Å². The summed E-state index contributed by atoms with van der Waals surface area (Å²) in [7, 11) is 0. The zero-order chi connectivity index (χ0) is 22.8. The van der Waals surface area contributed by atoms with Gasteiger partial charge in [0.1, 0.15) is 5.75 Å². The largest absolute Gasteiger partial charge is 0.494 e. The van der Waals surface area contributed by atoms with E-state index in [1.807, 2.05) is 18.3 Å². The van der Waals surface area contributed by atoms with Crippen LogP contribution in [0.1, 0.15) is 85.2 Å². The molecule has 0 aliphatic carbocycles. The fourth-order valence-electron chi connectivity index (χ4n) is 3.44. The van der Waals surface area contributed by atoms with Gasteiger partial charge in [-0.05, 0) is 47.7 Å². The number of carbonyl (C=O) groups is 1. The van der Waals surface area contributed by atoms with E-state index < -0.39 is 0 Å². The second-order valence-electron chi connectivity index (χ2n) is 8.45. The number of unbranched alkanes of at least 4 members (excludes halogenated alkanes) is 4. The highest BCUT2D eigenvalue weighted by atomic mass is 32.1. The Morgan fingerprint density at radius 2 is 1.72 bits per heavy atom. The number of rotatable bonds is 12. The third-order valence-electron chi connectivity index (χ3n) is 5.43. The molecule has 32 heavy (non-hydrogen) atoms. The van der Waals surface area contributed by atoms with Crippen molar-refractivity contribution in [3.8, 4) is 5.75 Å². The summed E-state index contributed by atoms with van der Waals surface area (Å²) < 4.78 is 5.78. The first-order valence-corrected chi connectivity index (χ1v) is 12.4. The first-order valence-electron chi connectivity index (χ1n) is 11.6.